The third kappa shape index (κ3) is 5.17. The Balaban J connectivity index is 1.48. The van der Waals surface area contributed by atoms with Gasteiger partial charge in [0.05, 0.1) is 23.9 Å². The van der Waals surface area contributed by atoms with Gasteiger partial charge in [-0.05, 0) is 36.2 Å². The molecule has 9 heteroatoms. The quantitative estimate of drug-likeness (QED) is 0.227. The zero-order valence-electron chi connectivity index (χ0n) is 22.6. The SMILES string of the molecule is COC(=O)c1cnc(N(Cc2ccccc2)Cc2ccccc2)c2[nH]c(-c3ccc(-n4ncnc4C)cc3F)cc12. The van der Waals surface area contributed by atoms with Gasteiger partial charge in [-0.15, -0.1) is 0 Å². The number of anilines is 1. The van der Waals surface area contributed by atoms with E-state index in [1.54, 1.807) is 29.8 Å². The average molecular weight is 547 g/mol. The van der Waals surface area contributed by atoms with Gasteiger partial charge in [0.2, 0.25) is 0 Å². The van der Waals surface area contributed by atoms with E-state index >= 15 is 4.39 Å². The van der Waals surface area contributed by atoms with E-state index in [-0.39, 0.29) is 0 Å². The third-order valence-corrected chi connectivity index (χ3v) is 6.99. The molecule has 0 unspecified atom stereocenters. The van der Waals surface area contributed by atoms with Crippen LogP contribution >= 0.6 is 0 Å². The molecule has 0 aliphatic rings. The standard InChI is InChI=1S/C32H27FN6O2/c1-21-35-20-36-39(21)24-13-14-25(28(33)15-24)29-16-26-27(32(40)41-2)17-34-31(30(26)37-29)38(18-22-9-5-3-6-10-22)19-23-11-7-4-8-12-23/h3-17,20,37H,18-19H2,1-2H3. The summed E-state index contributed by atoms with van der Waals surface area (Å²) in [4.78, 5) is 27.1. The molecule has 0 aliphatic carbocycles. The molecule has 0 spiro atoms. The second kappa shape index (κ2) is 11.1. The van der Waals surface area contributed by atoms with Crippen LogP contribution in [-0.2, 0) is 17.8 Å². The van der Waals surface area contributed by atoms with E-state index in [0.29, 0.717) is 58.1 Å². The highest BCUT2D eigenvalue weighted by Gasteiger charge is 2.22. The van der Waals surface area contributed by atoms with Crippen LogP contribution in [0.15, 0.2) is 97.5 Å². The van der Waals surface area contributed by atoms with Crippen LogP contribution in [0.1, 0.15) is 27.3 Å². The number of halogens is 1. The van der Waals surface area contributed by atoms with Crippen LogP contribution in [0.2, 0.25) is 0 Å². The Labute approximate surface area is 236 Å². The topological polar surface area (TPSA) is 88.9 Å². The molecule has 1 N–H and O–H groups in total. The number of fused-ring (bicyclic) bond motifs is 1. The van der Waals surface area contributed by atoms with Gasteiger partial charge >= 0.3 is 5.97 Å². The van der Waals surface area contributed by atoms with Crippen molar-refractivity contribution < 1.29 is 13.9 Å². The minimum absolute atomic E-state index is 0.295. The molecule has 3 aromatic carbocycles. The van der Waals surface area contributed by atoms with Crippen molar-refractivity contribution in [3.63, 3.8) is 0 Å². The van der Waals surface area contributed by atoms with Gasteiger partial charge in [-0.3, -0.25) is 0 Å². The maximum Gasteiger partial charge on any atom is 0.340 e. The van der Waals surface area contributed by atoms with Gasteiger partial charge in [0, 0.05) is 42.0 Å². The van der Waals surface area contributed by atoms with Crippen molar-refractivity contribution in [3.05, 3.63) is 126 Å². The van der Waals surface area contributed by atoms with Gasteiger partial charge in [-0.2, -0.15) is 5.10 Å². The van der Waals surface area contributed by atoms with E-state index in [1.165, 1.54) is 25.7 Å². The smallest absolute Gasteiger partial charge is 0.340 e. The highest BCUT2D eigenvalue weighted by Crippen LogP contribution is 2.34. The molecule has 6 rings (SSSR count). The van der Waals surface area contributed by atoms with Gasteiger partial charge in [0.15, 0.2) is 5.82 Å². The van der Waals surface area contributed by atoms with Gasteiger partial charge in [0.25, 0.3) is 0 Å². The first-order valence-corrected chi connectivity index (χ1v) is 13.1. The number of ether oxygens (including phenoxy) is 1. The summed E-state index contributed by atoms with van der Waals surface area (Å²) in [5, 5.41) is 4.77. The number of pyridine rings is 1. The van der Waals surface area contributed by atoms with Crippen LogP contribution in [0.25, 0.3) is 27.8 Å². The molecular formula is C32H27FN6O2. The van der Waals surface area contributed by atoms with E-state index in [9.17, 15) is 4.79 Å². The van der Waals surface area contributed by atoms with Crippen LogP contribution in [0.3, 0.4) is 0 Å². The highest BCUT2D eigenvalue weighted by molar-refractivity contribution is 6.07. The molecule has 3 aromatic heterocycles. The lowest BCUT2D eigenvalue weighted by Crippen LogP contribution is -2.24. The van der Waals surface area contributed by atoms with E-state index < -0.39 is 11.8 Å². The Bertz CT molecular complexity index is 1790. The van der Waals surface area contributed by atoms with Gasteiger partial charge in [-0.1, -0.05) is 60.7 Å². The summed E-state index contributed by atoms with van der Waals surface area (Å²) in [6.45, 7) is 2.95. The number of aromatic nitrogens is 5. The molecular weight excluding hydrogens is 519 g/mol. The number of nitrogens with one attached hydrogen (secondary N) is 1. The number of carbonyl (C=O) groups is 1. The number of esters is 1. The first-order chi connectivity index (χ1) is 20.0. The number of aromatic amines is 1. The van der Waals surface area contributed by atoms with E-state index in [1.807, 2.05) is 36.4 Å². The number of hydrogen-bond donors (Lipinski definition) is 1. The Morgan fingerprint density at radius 3 is 2.22 bits per heavy atom. The summed E-state index contributed by atoms with van der Waals surface area (Å²) in [5.74, 6) is 0.332. The van der Waals surface area contributed by atoms with Crippen LogP contribution in [0.5, 0.6) is 0 Å². The monoisotopic (exact) mass is 546 g/mol. The van der Waals surface area contributed by atoms with Crippen LogP contribution in [-0.4, -0.2) is 37.8 Å². The average Bonchev–Trinajstić information content (AvgIpc) is 3.63. The number of H-pyrrole nitrogens is 1. The number of aryl methyl sites for hydroxylation is 1. The molecule has 0 atom stereocenters. The summed E-state index contributed by atoms with van der Waals surface area (Å²) < 4.78 is 22.2. The first-order valence-electron chi connectivity index (χ1n) is 13.1. The lowest BCUT2D eigenvalue weighted by atomic mass is 10.1. The van der Waals surface area contributed by atoms with Crippen molar-refractivity contribution in [2.24, 2.45) is 0 Å². The minimum Gasteiger partial charge on any atom is -0.465 e. The zero-order chi connectivity index (χ0) is 28.3. The van der Waals surface area contributed by atoms with E-state index in [0.717, 1.165) is 11.1 Å². The summed E-state index contributed by atoms with van der Waals surface area (Å²) in [6.07, 6.45) is 2.95. The highest BCUT2D eigenvalue weighted by atomic mass is 19.1. The number of hydrogen-bond acceptors (Lipinski definition) is 6. The van der Waals surface area contributed by atoms with Crippen LogP contribution in [0, 0.1) is 12.7 Å². The third-order valence-electron chi connectivity index (χ3n) is 6.99. The summed E-state index contributed by atoms with van der Waals surface area (Å²) >= 11 is 0. The maximum absolute atomic E-state index is 15.5. The maximum atomic E-state index is 15.5. The molecule has 0 bridgehead atoms. The molecule has 0 radical (unpaired) electrons. The van der Waals surface area contributed by atoms with Gasteiger partial charge < -0.3 is 14.6 Å². The molecule has 0 aliphatic heterocycles. The normalized spacial score (nSPS) is 11.1. The number of nitrogens with zero attached hydrogens (tertiary/aromatic N) is 5. The Morgan fingerprint density at radius 2 is 1.63 bits per heavy atom. The molecule has 6 aromatic rings. The molecule has 0 amide bonds. The molecule has 0 saturated carbocycles. The van der Waals surface area contributed by atoms with Gasteiger partial charge in [0.1, 0.15) is 18.0 Å². The largest absolute Gasteiger partial charge is 0.465 e. The molecule has 3 heterocycles. The zero-order valence-corrected chi connectivity index (χ0v) is 22.6. The molecule has 204 valence electrons. The van der Waals surface area contributed by atoms with Crippen molar-refractivity contribution in [1.82, 2.24) is 24.7 Å². The molecule has 8 nitrogen and oxygen atoms in total. The second-order valence-corrected chi connectivity index (χ2v) is 9.67. The molecule has 0 saturated heterocycles. The van der Waals surface area contributed by atoms with Crippen molar-refractivity contribution >= 4 is 22.7 Å². The Hall–Kier alpha value is -5.31. The fraction of sp³-hybridized carbons (Fsp3) is 0.125. The Kier molecular flexibility index (Phi) is 6.99. The summed E-state index contributed by atoms with van der Waals surface area (Å²) in [5.41, 5.74) is 4.54. The fourth-order valence-corrected chi connectivity index (χ4v) is 4.98. The predicted molar refractivity (Wildman–Crippen MR) is 155 cm³/mol. The summed E-state index contributed by atoms with van der Waals surface area (Å²) in [6, 6.07) is 26.9. The van der Waals surface area contributed by atoms with Crippen LogP contribution in [0.4, 0.5) is 10.2 Å². The van der Waals surface area contributed by atoms with Crippen molar-refractivity contribution in [2.45, 2.75) is 20.0 Å². The number of carbonyl (C=O) groups excluding carboxylic acids is 1. The lowest BCUT2D eigenvalue weighted by Gasteiger charge is -2.25. The number of benzene rings is 3. The lowest BCUT2D eigenvalue weighted by molar-refractivity contribution is 0.0602. The van der Waals surface area contributed by atoms with E-state index in [2.05, 4.69) is 44.2 Å². The van der Waals surface area contributed by atoms with Crippen molar-refractivity contribution in [3.8, 4) is 16.9 Å². The van der Waals surface area contributed by atoms with E-state index in [4.69, 9.17) is 9.72 Å². The predicted octanol–water partition coefficient (Wildman–Crippen LogP) is 6.25. The fourth-order valence-electron chi connectivity index (χ4n) is 4.98. The summed E-state index contributed by atoms with van der Waals surface area (Å²) in [7, 11) is 1.33. The molecule has 0 fully saturated rings. The van der Waals surface area contributed by atoms with Crippen molar-refractivity contribution in [2.75, 3.05) is 12.0 Å². The number of methoxy groups -OCH3 is 1. The Morgan fingerprint density at radius 1 is 0.951 bits per heavy atom. The first kappa shape index (κ1) is 25.9. The second-order valence-electron chi connectivity index (χ2n) is 9.67. The minimum atomic E-state index is -0.519. The van der Waals surface area contributed by atoms with Gasteiger partial charge in [-0.25, -0.2) is 23.8 Å². The number of rotatable bonds is 8. The van der Waals surface area contributed by atoms with Crippen LogP contribution < -0.4 is 4.90 Å². The van der Waals surface area contributed by atoms with Crippen molar-refractivity contribution in [1.29, 1.82) is 0 Å². The molecule has 41 heavy (non-hydrogen) atoms.